The van der Waals surface area contributed by atoms with E-state index in [0.29, 0.717) is 24.8 Å². The van der Waals surface area contributed by atoms with E-state index in [-0.39, 0.29) is 29.6 Å². The molecule has 3 aromatic rings. The summed E-state index contributed by atoms with van der Waals surface area (Å²) in [4.78, 5) is 18.6. The fraction of sp³-hybridized carbons (Fsp3) is 0.318. The molecule has 1 aromatic carbocycles. The van der Waals surface area contributed by atoms with Crippen LogP contribution in [0, 0.1) is 0 Å². The highest BCUT2D eigenvalue weighted by atomic mass is 32.2. The lowest BCUT2D eigenvalue weighted by atomic mass is 10.0. The Balaban J connectivity index is 1.41. The minimum absolute atomic E-state index is 0.201. The van der Waals surface area contributed by atoms with Gasteiger partial charge in [0.2, 0.25) is 10.0 Å². The van der Waals surface area contributed by atoms with Crippen LogP contribution >= 0.6 is 0 Å². The van der Waals surface area contributed by atoms with Crippen molar-refractivity contribution in [2.45, 2.75) is 24.7 Å². The number of pyridine rings is 1. The van der Waals surface area contributed by atoms with Gasteiger partial charge in [-0.3, -0.25) is 9.78 Å². The van der Waals surface area contributed by atoms with E-state index in [9.17, 15) is 13.2 Å². The maximum absolute atomic E-state index is 13.0. The Morgan fingerprint density at radius 2 is 1.65 bits per heavy atom. The largest absolute Gasteiger partial charge is 0.355 e. The Morgan fingerprint density at radius 3 is 2.26 bits per heavy atom. The lowest BCUT2D eigenvalue weighted by Crippen LogP contribution is -2.50. The zero-order valence-electron chi connectivity index (χ0n) is 17.4. The predicted octanol–water partition coefficient (Wildman–Crippen LogP) is 3.01. The molecule has 0 spiro atoms. The molecular weight excluding hydrogens is 416 g/mol. The molecular formula is C22H24N4O4S. The normalized spacial score (nSPS) is 15.4. The molecule has 0 bridgehead atoms. The first-order valence-corrected chi connectivity index (χ1v) is 11.6. The first kappa shape index (κ1) is 21.2. The summed E-state index contributed by atoms with van der Waals surface area (Å²) in [6, 6.07) is 12.1. The summed E-state index contributed by atoms with van der Waals surface area (Å²) in [6.07, 6.45) is 3.27. The van der Waals surface area contributed by atoms with Crippen molar-refractivity contribution >= 4 is 15.9 Å². The Morgan fingerprint density at radius 1 is 1.00 bits per heavy atom. The highest BCUT2D eigenvalue weighted by Gasteiger charge is 2.31. The third-order valence-electron chi connectivity index (χ3n) is 5.40. The van der Waals surface area contributed by atoms with E-state index in [0.717, 1.165) is 11.1 Å². The number of sulfonamides is 1. The van der Waals surface area contributed by atoms with Gasteiger partial charge in [0.25, 0.3) is 5.91 Å². The first-order chi connectivity index (χ1) is 14.9. The molecule has 0 saturated carbocycles. The zero-order chi connectivity index (χ0) is 22.0. The van der Waals surface area contributed by atoms with Gasteiger partial charge in [-0.1, -0.05) is 31.1 Å². The lowest BCUT2D eigenvalue weighted by molar-refractivity contribution is 0.0687. The molecule has 0 N–H and O–H groups in total. The maximum Gasteiger partial charge on any atom is 0.276 e. The van der Waals surface area contributed by atoms with E-state index >= 15 is 0 Å². The molecule has 3 heterocycles. The van der Waals surface area contributed by atoms with Crippen LogP contribution in [-0.2, 0) is 10.0 Å². The molecule has 4 rings (SSSR count). The first-order valence-electron chi connectivity index (χ1n) is 10.1. The number of amides is 1. The van der Waals surface area contributed by atoms with Crippen LogP contribution in [0.4, 0.5) is 0 Å². The van der Waals surface area contributed by atoms with E-state index < -0.39 is 10.0 Å². The third kappa shape index (κ3) is 4.38. The second-order valence-corrected chi connectivity index (χ2v) is 9.67. The van der Waals surface area contributed by atoms with Gasteiger partial charge >= 0.3 is 0 Å². The van der Waals surface area contributed by atoms with Crippen molar-refractivity contribution in [3.63, 3.8) is 0 Å². The number of hydrogen-bond acceptors (Lipinski definition) is 6. The molecule has 0 radical (unpaired) electrons. The van der Waals surface area contributed by atoms with Gasteiger partial charge in [0.1, 0.15) is 0 Å². The number of carbonyl (C=O) groups excluding carboxylic acids is 1. The van der Waals surface area contributed by atoms with Crippen molar-refractivity contribution in [1.82, 2.24) is 19.3 Å². The number of benzene rings is 1. The van der Waals surface area contributed by atoms with Crippen molar-refractivity contribution in [2.75, 3.05) is 26.2 Å². The van der Waals surface area contributed by atoms with Crippen molar-refractivity contribution in [2.24, 2.45) is 0 Å². The van der Waals surface area contributed by atoms with Crippen LogP contribution in [0.2, 0.25) is 0 Å². The number of aromatic nitrogens is 2. The van der Waals surface area contributed by atoms with E-state index in [1.54, 1.807) is 47.6 Å². The van der Waals surface area contributed by atoms with Crippen molar-refractivity contribution in [3.8, 4) is 11.3 Å². The molecule has 0 unspecified atom stereocenters. The Bertz CT molecular complexity index is 1150. The maximum atomic E-state index is 13.0. The van der Waals surface area contributed by atoms with Crippen molar-refractivity contribution in [3.05, 3.63) is 66.1 Å². The van der Waals surface area contributed by atoms with E-state index in [1.165, 1.54) is 4.31 Å². The summed E-state index contributed by atoms with van der Waals surface area (Å²) in [5.41, 5.74) is 2.07. The lowest BCUT2D eigenvalue weighted by Gasteiger charge is -2.33. The van der Waals surface area contributed by atoms with Crippen LogP contribution in [0.15, 0.2) is 64.3 Å². The number of rotatable bonds is 5. The van der Waals surface area contributed by atoms with E-state index in [1.807, 2.05) is 12.1 Å². The zero-order valence-corrected chi connectivity index (χ0v) is 18.2. The van der Waals surface area contributed by atoms with Gasteiger partial charge in [0.05, 0.1) is 4.90 Å². The van der Waals surface area contributed by atoms with E-state index in [2.05, 4.69) is 24.0 Å². The topological polar surface area (TPSA) is 96.6 Å². The van der Waals surface area contributed by atoms with Gasteiger partial charge in [0.15, 0.2) is 11.5 Å². The number of piperazine rings is 1. The molecule has 1 fully saturated rings. The standard InChI is InChI=1S/C22H24N4O4S/c1-16(2)17-3-5-19(6-4-17)31(28,29)26-13-11-25(12-14-26)22(27)20-15-21(30-24-20)18-7-9-23-10-8-18/h3-10,15-16H,11-14H2,1-2H3. The van der Waals surface area contributed by atoms with Crippen LogP contribution in [0.1, 0.15) is 35.8 Å². The summed E-state index contributed by atoms with van der Waals surface area (Å²) in [6.45, 7) is 5.17. The van der Waals surface area contributed by atoms with E-state index in [4.69, 9.17) is 4.52 Å². The molecule has 0 aliphatic carbocycles. The molecule has 2 aromatic heterocycles. The van der Waals surface area contributed by atoms with Gasteiger partial charge in [-0.2, -0.15) is 4.31 Å². The summed E-state index contributed by atoms with van der Waals surface area (Å²) in [5, 5.41) is 3.89. The monoisotopic (exact) mass is 440 g/mol. The smallest absolute Gasteiger partial charge is 0.276 e. The summed E-state index contributed by atoms with van der Waals surface area (Å²) >= 11 is 0. The average Bonchev–Trinajstić information content (AvgIpc) is 3.30. The molecule has 0 atom stereocenters. The number of nitrogens with zero attached hydrogens (tertiary/aromatic N) is 4. The minimum Gasteiger partial charge on any atom is -0.355 e. The van der Waals surface area contributed by atoms with Crippen LogP contribution in [0.5, 0.6) is 0 Å². The Kier molecular flexibility index (Phi) is 5.88. The molecule has 1 aliphatic heterocycles. The quantitative estimate of drug-likeness (QED) is 0.605. The van der Waals surface area contributed by atoms with Gasteiger partial charge in [-0.15, -0.1) is 0 Å². The van der Waals surface area contributed by atoms with Crippen molar-refractivity contribution < 1.29 is 17.7 Å². The fourth-order valence-corrected chi connectivity index (χ4v) is 4.92. The predicted molar refractivity (Wildman–Crippen MR) is 115 cm³/mol. The summed E-state index contributed by atoms with van der Waals surface area (Å²) in [7, 11) is -3.59. The second-order valence-electron chi connectivity index (χ2n) is 7.73. The summed E-state index contributed by atoms with van der Waals surface area (Å²) in [5.74, 6) is 0.543. The van der Waals surface area contributed by atoms with Crippen molar-refractivity contribution in [1.29, 1.82) is 0 Å². The Hall–Kier alpha value is -3.04. The molecule has 1 aliphatic rings. The molecule has 8 nitrogen and oxygen atoms in total. The van der Waals surface area contributed by atoms with Gasteiger partial charge in [0, 0.05) is 50.2 Å². The van der Waals surface area contributed by atoms with Crippen LogP contribution in [0.25, 0.3) is 11.3 Å². The van der Waals surface area contributed by atoms with Crippen LogP contribution in [-0.4, -0.2) is 59.8 Å². The number of hydrogen-bond donors (Lipinski definition) is 0. The highest BCUT2D eigenvalue weighted by Crippen LogP contribution is 2.23. The Labute approximate surface area is 181 Å². The van der Waals surface area contributed by atoms with Gasteiger partial charge in [-0.05, 0) is 35.7 Å². The highest BCUT2D eigenvalue weighted by molar-refractivity contribution is 7.89. The molecule has 9 heteroatoms. The molecule has 162 valence electrons. The summed E-state index contributed by atoms with van der Waals surface area (Å²) < 4.78 is 32.6. The minimum atomic E-state index is -3.59. The third-order valence-corrected chi connectivity index (χ3v) is 7.32. The number of carbonyl (C=O) groups is 1. The average molecular weight is 441 g/mol. The van der Waals surface area contributed by atoms with Gasteiger partial charge in [-0.25, -0.2) is 8.42 Å². The molecule has 31 heavy (non-hydrogen) atoms. The molecule has 1 saturated heterocycles. The van der Waals surface area contributed by atoms with Crippen LogP contribution < -0.4 is 0 Å². The van der Waals surface area contributed by atoms with Gasteiger partial charge < -0.3 is 9.42 Å². The molecule has 1 amide bonds. The fourth-order valence-electron chi connectivity index (χ4n) is 3.50. The van der Waals surface area contributed by atoms with Crippen LogP contribution in [0.3, 0.4) is 0 Å². The SMILES string of the molecule is CC(C)c1ccc(S(=O)(=O)N2CCN(C(=O)c3cc(-c4ccncc4)on3)CC2)cc1. The second kappa shape index (κ2) is 8.60.